The number of benzene rings is 1. The van der Waals surface area contributed by atoms with Gasteiger partial charge in [0.25, 0.3) is 0 Å². The molecule has 0 fully saturated rings. The van der Waals surface area contributed by atoms with Gasteiger partial charge in [0.05, 0.1) is 5.39 Å². The van der Waals surface area contributed by atoms with Gasteiger partial charge in [0.15, 0.2) is 0 Å². The van der Waals surface area contributed by atoms with Crippen LogP contribution >= 0.6 is 22.9 Å². The number of carbonyl (C=O) groups is 1. The van der Waals surface area contributed by atoms with E-state index < -0.39 is 11.5 Å². The molecular formula is C16H14ClN3O2S. The first-order chi connectivity index (χ1) is 10.9. The van der Waals surface area contributed by atoms with Gasteiger partial charge in [0.2, 0.25) is 5.28 Å². The van der Waals surface area contributed by atoms with Crippen molar-refractivity contribution in [2.24, 2.45) is 0 Å². The van der Waals surface area contributed by atoms with Crippen molar-refractivity contribution in [3.63, 3.8) is 0 Å². The Hall–Kier alpha value is -2.18. The number of halogens is 1. The van der Waals surface area contributed by atoms with E-state index in [9.17, 15) is 9.90 Å². The van der Waals surface area contributed by atoms with E-state index in [1.54, 1.807) is 13.8 Å². The maximum Gasteiger partial charge on any atom is 0.328 e. The Morgan fingerprint density at radius 3 is 2.61 bits per heavy atom. The minimum atomic E-state index is -1.18. The first-order valence-electron chi connectivity index (χ1n) is 6.90. The Morgan fingerprint density at radius 2 is 1.96 bits per heavy atom. The Labute approximate surface area is 142 Å². The lowest BCUT2D eigenvalue weighted by Crippen LogP contribution is -2.40. The van der Waals surface area contributed by atoms with Crippen molar-refractivity contribution in [3.05, 3.63) is 41.0 Å². The Balaban J connectivity index is 2.21. The number of hydrogen-bond donors (Lipinski definition) is 2. The minimum Gasteiger partial charge on any atom is -0.480 e. The van der Waals surface area contributed by atoms with Crippen LogP contribution in [0, 0.1) is 0 Å². The van der Waals surface area contributed by atoms with Gasteiger partial charge in [-0.15, -0.1) is 11.3 Å². The molecule has 0 saturated carbocycles. The van der Waals surface area contributed by atoms with Crippen LogP contribution < -0.4 is 5.32 Å². The second-order valence-corrected chi connectivity index (χ2v) is 6.79. The first-order valence-corrected chi connectivity index (χ1v) is 8.16. The molecule has 0 amide bonds. The van der Waals surface area contributed by atoms with Crippen LogP contribution in [0.1, 0.15) is 13.8 Å². The smallest absolute Gasteiger partial charge is 0.328 e. The molecule has 23 heavy (non-hydrogen) atoms. The molecule has 3 aromatic rings. The average molecular weight is 348 g/mol. The van der Waals surface area contributed by atoms with E-state index in [2.05, 4.69) is 15.3 Å². The van der Waals surface area contributed by atoms with Crippen LogP contribution in [0.2, 0.25) is 5.28 Å². The fourth-order valence-electron chi connectivity index (χ4n) is 2.19. The van der Waals surface area contributed by atoms with Crippen LogP contribution in [0.3, 0.4) is 0 Å². The van der Waals surface area contributed by atoms with Gasteiger partial charge in [-0.3, -0.25) is 0 Å². The monoisotopic (exact) mass is 347 g/mol. The zero-order valence-corrected chi connectivity index (χ0v) is 14.1. The van der Waals surface area contributed by atoms with Gasteiger partial charge in [-0.05, 0) is 31.0 Å². The molecule has 1 aromatic carbocycles. The standard InChI is InChI=1S/C16H14ClN3O2S/c1-16(2,14(21)22)20-12-11-10(9-6-4-3-5-7-9)8-23-13(11)19-15(17)18-12/h3-8H,1-2H3,(H,21,22)(H,18,19,20). The summed E-state index contributed by atoms with van der Waals surface area (Å²) in [5.41, 5.74) is 0.785. The van der Waals surface area contributed by atoms with Gasteiger partial charge >= 0.3 is 5.97 Å². The second-order valence-electron chi connectivity index (χ2n) is 5.59. The lowest BCUT2D eigenvalue weighted by Gasteiger charge is -2.22. The summed E-state index contributed by atoms with van der Waals surface area (Å²) in [5.74, 6) is -0.552. The summed E-state index contributed by atoms with van der Waals surface area (Å²) in [4.78, 5) is 20.6. The molecule has 5 nitrogen and oxygen atoms in total. The zero-order chi connectivity index (χ0) is 16.6. The molecule has 0 aliphatic carbocycles. The van der Waals surface area contributed by atoms with Gasteiger partial charge in [0.1, 0.15) is 16.2 Å². The number of nitrogens with one attached hydrogen (secondary N) is 1. The van der Waals surface area contributed by atoms with E-state index in [-0.39, 0.29) is 5.28 Å². The Kier molecular flexibility index (Phi) is 3.95. The van der Waals surface area contributed by atoms with Crippen LogP contribution in [0.5, 0.6) is 0 Å². The van der Waals surface area contributed by atoms with Crippen molar-refractivity contribution >= 4 is 44.9 Å². The average Bonchev–Trinajstić information content (AvgIpc) is 2.91. The van der Waals surface area contributed by atoms with E-state index in [0.717, 1.165) is 16.5 Å². The molecule has 2 N–H and O–H groups in total. The summed E-state index contributed by atoms with van der Waals surface area (Å²) in [6.07, 6.45) is 0. The first kappa shape index (κ1) is 15.7. The molecule has 3 rings (SSSR count). The quantitative estimate of drug-likeness (QED) is 0.689. The normalized spacial score (nSPS) is 11.6. The molecule has 0 radical (unpaired) electrons. The van der Waals surface area contributed by atoms with Crippen molar-refractivity contribution in [2.45, 2.75) is 19.4 Å². The third kappa shape index (κ3) is 3.00. The molecule has 0 aliphatic heterocycles. The van der Waals surface area contributed by atoms with E-state index in [0.29, 0.717) is 10.6 Å². The molecule has 7 heteroatoms. The molecule has 0 bridgehead atoms. The molecule has 0 saturated heterocycles. The maximum absolute atomic E-state index is 11.4. The highest BCUT2D eigenvalue weighted by Crippen LogP contribution is 2.38. The van der Waals surface area contributed by atoms with Crippen LogP contribution in [-0.4, -0.2) is 26.6 Å². The summed E-state index contributed by atoms with van der Waals surface area (Å²) in [7, 11) is 0. The molecule has 118 valence electrons. The van der Waals surface area contributed by atoms with E-state index in [1.165, 1.54) is 11.3 Å². The number of anilines is 1. The molecule has 0 aliphatic rings. The number of aliphatic carboxylic acids is 1. The highest BCUT2D eigenvalue weighted by Gasteiger charge is 2.29. The maximum atomic E-state index is 11.4. The lowest BCUT2D eigenvalue weighted by molar-refractivity contribution is -0.141. The summed E-state index contributed by atoms with van der Waals surface area (Å²) in [6.45, 7) is 3.15. The van der Waals surface area contributed by atoms with E-state index in [4.69, 9.17) is 11.6 Å². The van der Waals surface area contributed by atoms with Gasteiger partial charge < -0.3 is 10.4 Å². The van der Waals surface area contributed by atoms with Crippen LogP contribution in [0.4, 0.5) is 5.82 Å². The number of nitrogens with zero attached hydrogens (tertiary/aromatic N) is 2. The van der Waals surface area contributed by atoms with Gasteiger partial charge in [-0.1, -0.05) is 30.3 Å². The topological polar surface area (TPSA) is 75.1 Å². The van der Waals surface area contributed by atoms with E-state index >= 15 is 0 Å². The third-order valence-electron chi connectivity index (χ3n) is 3.46. The molecule has 2 heterocycles. The number of carboxylic acids is 1. The van der Waals surface area contributed by atoms with Crippen molar-refractivity contribution in [1.29, 1.82) is 0 Å². The summed E-state index contributed by atoms with van der Waals surface area (Å²) < 4.78 is 0. The third-order valence-corrected chi connectivity index (χ3v) is 4.50. The van der Waals surface area contributed by atoms with Gasteiger partial charge in [0, 0.05) is 10.9 Å². The predicted octanol–water partition coefficient (Wildman–Crippen LogP) is 4.29. The molecular weight excluding hydrogens is 334 g/mol. The highest BCUT2D eigenvalue weighted by molar-refractivity contribution is 7.17. The number of hydrogen-bond acceptors (Lipinski definition) is 5. The SMILES string of the molecule is CC(C)(Nc1nc(Cl)nc2scc(-c3ccccc3)c12)C(=O)O. The summed E-state index contributed by atoms with van der Waals surface area (Å²) in [6, 6.07) is 9.82. The van der Waals surface area contributed by atoms with Crippen LogP contribution in [0.15, 0.2) is 35.7 Å². The number of rotatable bonds is 4. The number of aromatic nitrogens is 2. The minimum absolute atomic E-state index is 0.0858. The highest BCUT2D eigenvalue weighted by atomic mass is 35.5. The largest absolute Gasteiger partial charge is 0.480 e. The molecule has 0 atom stereocenters. The fraction of sp³-hybridized carbons (Fsp3) is 0.188. The summed E-state index contributed by atoms with van der Waals surface area (Å²) in [5, 5.41) is 15.2. The van der Waals surface area contributed by atoms with Crippen molar-refractivity contribution < 1.29 is 9.90 Å². The fourth-order valence-corrected chi connectivity index (χ4v) is 3.35. The number of thiophene rings is 1. The second kappa shape index (κ2) is 5.79. The van der Waals surface area contributed by atoms with Crippen LogP contribution in [-0.2, 0) is 4.79 Å². The molecule has 2 aromatic heterocycles. The van der Waals surface area contributed by atoms with Crippen LogP contribution in [0.25, 0.3) is 21.3 Å². The molecule has 0 spiro atoms. The number of carboxylic acid groups (broad SMARTS) is 1. The van der Waals surface area contributed by atoms with E-state index in [1.807, 2.05) is 35.7 Å². The van der Waals surface area contributed by atoms with Gasteiger partial charge in [-0.25, -0.2) is 14.8 Å². The summed E-state index contributed by atoms with van der Waals surface area (Å²) >= 11 is 7.43. The Bertz CT molecular complexity index is 878. The lowest BCUT2D eigenvalue weighted by atomic mass is 10.0. The van der Waals surface area contributed by atoms with Crippen molar-refractivity contribution in [1.82, 2.24) is 9.97 Å². The van der Waals surface area contributed by atoms with Crippen molar-refractivity contribution in [3.8, 4) is 11.1 Å². The Morgan fingerprint density at radius 1 is 1.26 bits per heavy atom. The van der Waals surface area contributed by atoms with Gasteiger partial charge in [-0.2, -0.15) is 0 Å². The predicted molar refractivity (Wildman–Crippen MR) is 93.2 cm³/mol. The molecule has 0 unspecified atom stereocenters. The number of fused-ring (bicyclic) bond motifs is 1. The zero-order valence-electron chi connectivity index (χ0n) is 12.5. The van der Waals surface area contributed by atoms with Crippen molar-refractivity contribution in [2.75, 3.05) is 5.32 Å².